The van der Waals surface area contributed by atoms with Crippen LogP contribution in [0.1, 0.15) is 27.6 Å². The molecule has 152 valence electrons. The lowest BCUT2D eigenvalue weighted by molar-refractivity contribution is -0.385. The van der Waals surface area contributed by atoms with E-state index >= 15 is 0 Å². The Kier molecular flexibility index (Phi) is 7.24. The number of nitrogens with one attached hydrogen (secondary N) is 1. The molecule has 10 nitrogen and oxygen atoms in total. The lowest BCUT2D eigenvalue weighted by Crippen LogP contribution is -2.34. The van der Waals surface area contributed by atoms with Crippen molar-refractivity contribution in [3.8, 4) is 11.5 Å². The zero-order valence-electron chi connectivity index (χ0n) is 15.7. The number of nitro groups is 1. The SMILES string of the molecule is CCOc1cc([N+](=O)[O-])c(C(=O)OCC(=O)NC(=O)c2ccccc2)cc1OC. The Hall–Kier alpha value is -3.95. The van der Waals surface area contributed by atoms with Crippen LogP contribution in [0.25, 0.3) is 0 Å². The molecular weight excluding hydrogens is 384 g/mol. The van der Waals surface area contributed by atoms with Crippen molar-refractivity contribution in [3.05, 3.63) is 63.7 Å². The molecule has 0 atom stereocenters. The smallest absolute Gasteiger partial charge is 0.345 e. The number of methoxy groups -OCH3 is 1. The van der Waals surface area contributed by atoms with E-state index in [1.807, 2.05) is 0 Å². The first-order valence-corrected chi connectivity index (χ1v) is 8.43. The van der Waals surface area contributed by atoms with E-state index in [1.165, 1.54) is 19.2 Å². The van der Waals surface area contributed by atoms with Gasteiger partial charge in [0.2, 0.25) is 0 Å². The molecule has 0 saturated heterocycles. The highest BCUT2D eigenvalue weighted by Gasteiger charge is 2.26. The van der Waals surface area contributed by atoms with E-state index in [-0.39, 0.29) is 23.7 Å². The largest absolute Gasteiger partial charge is 0.493 e. The van der Waals surface area contributed by atoms with E-state index in [0.717, 1.165) is 12.1 Å². The minimum atomic E-state index is -1.12. The van der Waals surface area contributed by atoms with Crippen LogP contribution in [0.3, 0.4) is 0 Å². The van der Waals surface area contributed by atoms with Crippen molar-refractivity contribution in [3.63, 3.8) is 0 Å². The lowest BCUT2D eigenvalue weighted by Gasteiger charge is -2.11. The summed E-state index contributed by atoms with van der Waals surface area (Å²) < 4.78 is 15.1. The monoisotopic (exact) mass is 402 g/mol. The van der Waals surface area contributed by atoms with Gasteiger partial charge in [0, 0.05) is 11.6 Å². The molecule has 0 fully saturated rings. The number of esters is 1. The van der Waals surface area contributed by atoms with Gasteiger partial charge in [-0.2, -0.15) is 0 Å². The van der Waals surface area contributed by atoms with Crippen LogP contribution < -0.4 is 14.8 Å². The highest BCUT2D eigenvalue weighted by atomic mass is 16.6. The number of nitro benzene ring substituents is 1. The summed E-state index contributed by atoms with van der Waals surface area (Å²) in [6.07, 6.45) is 0. The lowest BCUT2D eigenvalue weighted by atomic mass is 10.1. The van der Waals surface area contributed by atoms with Crippen LogP contribution in [0.5, 0.6) is 11.5 Å². The summed E-state index contributed by atoms with van der Waals surface area (Å²) in [4.78, 5) is 46.6. The fourth-order valence-corrected chi connectivity index (χ4v) is 2.32. The van der Waals surface area contributed by atoms with Crippen molar-refractivity contribution < 1.29 is 33.5 Å². The predicted octanol–water partition coefficient (Wildman–Crippen LogP) is 2.12. The molecule has 2 aromatic carbocycles. The number of carbonyl (C=O) groups excluding carboxylic acids is 3. The van der Waals surface area contributed by atoms with E-state index in [4.69, 9.17) is 14.2 Å². The minimum absolute atomic E-state index is 0.0875. The number of hydrogen-bond acceptors (Lipinski definition) is 8. The van der Waals surface area contributed by atoms with Gasteiger partial charge in [-0.3, -0.25) is 25.0 Å². The molecule has 0 aliphatic heterocycles. The Morgan fingerprint density at radius 2 is 1.79 bits per heavy atom. The first-order chi connectivity index (χ1) is 13.9. The van der Waals surface area contributed by atoms with E-state index in [1.54, 1.807) is 25.1 Å². The maximum atomic E-state index is 12.3. The third kappa shape index (κ3) is 5.51. The molecular formula is C19H18N2O8. The molecule has 0 unspecified atom stereocenters. The zero-order valence-corrected chi connectivity index (χ0v) is 15.7. The predicted molar refractivity (Wildman–Crippen MR) is 100 cm³/mol. The molecule has 2 aromatic rings. The molecule has 1 N–H and O–H groups in total. The quantitative estimate of drug-likeness (QED) is 0.403. The van der Waals surface area contributed by atoms with E-state index in [9.17, 15) is 24.5 Å². The van der Waals surface area contributed by atoms with E-state index in [2.05, 4.69) is 5.32 Å². The van der Waals surface area contributed by atoms with Gasteiger partial charge in [-0.15, -0.1) is 0 Å². The molecule has 0 aromatic heterocycles. The average molecular weight is 402 g/mol. The maximum Gasteiger partial charge on any atom is 0.345 e. The van der Waals surface area contributed by atoms with Gasteiger partial charge in [-0.05, 0) is 19.1 Å². The normalized spacial score (nSPS) is 10.0. The number of hydrogen-bond donors (Lipinski definition) is 1. The van der Waals surface area contributed by atoms with Crippen LogP contribution in [0.4, 0.5) is 5.69 Å². The fraction of sp³-hybridized carbons (Fsp3) is 0.211. The standard InChI is InChI=1S/C19H18N2O8/c1-3-28-16-10-14(21(25)26)13(9-15(16)27-2)19(24)29-11-17(22)20-18(23)12-7-5-4-6-8-12/h4-10H,3,11H2,1-2H3,(H,20,22,23). The number of benzene rings is 2. The van der Waals surface area contributed by atoms with Gasteiger partial charge >= 0.3 is 5.97 Å². The molecule has 0 saturated carbocycles. The van der Waals surface area contributed by atoms with Gasteiger partial charge in [0.25, 0.3) is 17.5 Å². The van der Waals surface area contributed by atoms with Gasteiger partial charge in [-0.1, -0.05) is 18.2 Å². The topological polar surface area (TPSA) is 134 Å². The second-order valence-corrected chi connectivity index (χ2v) is 5.53. The number of imide groups is 1. The molecule has 0 aliphatic carbocycles. The van der Waals surface area contributed by atoms with Gasteiger partial charge < -0.3 is 14.2 Å². The zero-order chi connectivity index (χ0) is 21.4. The number of carbonyl (C=O) groups is 3. The minimum Gasteiger partial charge on any atom is -0.493 e. The van der Waals surface area contributed by atoms with Crippen molar-refractivity contribution >= 4 is 23.5 Å². The Morgan fingerprint density at radius 3 is 2.38 bits per heavy atom. The van der Waals surface area contributed by atoms with Gasteiger partial charge in [0.15, 0.2) is 18.1 Å². The molecule has 29 heavy (non-hydrogen) atoms. The Bertz CT molecular complexity index is 927. The van der Waals surface area contributed by atoms with Crippen molar-refractivity contribution in [1.29, 1.82) is 0 Å². The van der Waals surface area contributed by atoms with Crippen LogP contribution in [-0.4, -0.2) is 43.0 Å². The highest BCUT2D eigenvalue weighted by molar-refractivity contribution is 6.05. The summed E-state index contributed by atoms with van der Waals surface area (Å²) in [5.41, 5.74) is -0.739. The average Bonchev–Trinajstić information content (AvgIpc) is 2.72. The number of nitrogens with zero attached hydrogens (tertiary/aromatic N) is 1. The van der Waals surface area contributed by atoms with Crippen molar-refractivity contribution in [1.82, 2.24) is 5.32 Å². The molecule has 2 rings (SSSR count). The van der Waals surface area contributed by atoms with Crippen LogP contribution in [-0.2, 0) is 9.53 Å². The number of ether oxygens (including phenoxy) is 3. The highest BCUT2D eigenvalue weighted by Crippen LogP contribution is 2.35. The Labute approximate surface area is 165 Å². The van der Waals surface area contributed by atoms with Crippen LogP contribution in [0, 0.1) is 10.1 Å². The van der Waals surface area contributed by atoms with Gasteiger partial charge in [0.05, 0.1) is 24.7 Å². The molecule has 0 bridgehead atoms. The Balaban J connectivity index is 2.10. The summed E-state index contributed by atoms with van der Waals surface area (Å²) in [5, 5.41) is 13.4. The molecule has 10 heteroatoms. The van der Waals surface area contributed by atoms with Gasteiger partial charge in [-0.25, -0.2) is 4.79 Å². The molecule has 0 spiro atoms. The molecule has 2 amide bonds. The molecule has 0 radical (unpaired) electrons. The summed E-state index contributed by atoms with van der Waals surface area (Å²) in [7, 11) is 1.31. The van der Waals surface area contributed by atoms with Crippen LogP contribution >= 0.6 is 0 Å². The van der Waals surface area contributed by atoms with Crippen LogP contribution in [0.15, 0.2) is 42.5 Å². The summed E-state index contributed by atoms with van der Waals surface area (Å²) in [5.74, 6) is -2.49. The third-order valence-corrected chi connectivity index (χ3v) is 3.62. The summed E-state index contributed by atoms with van der Waals surface area (Å²) in [6.45, 7) is 1.11. The Morgan fingerprint density at radius 1 is 1.10 bits per heavy atom. The number of amides is 2. The van der Waals surface area contributed by atoms with E-state index < -0.39 is 40.6 Å². The van der Waals surface area contributed by atoms with Crippen molar-refractivity contribution in [2.45, 2.75) is 6.92 Å². The first kappa shape index (κ1) is 21.4. The van der Waals surface area contributed by atoms with E-state index in [0.29, 0.717) is 0 Å². The summed E-state index contributed by atoms with van der Waals surface area (Å²) >= 11 is 0. The third-order valence-electron chi connectivity index (χ3n) is 3.62. The second-order valence-electron chi connectivity index (χ2n) is 5.53. The van der Waals surface area contributed by atoms with Gasteiger partial charge in [0.1, 0.15) is 5.56 Å². The van der Waals surface area contributed by atoms with Crippen molar-refractivity contribution in [2.24, 2.45) is 0 Å². The van der Waals surface area contributed by atoms with Crippen LogP contribution in [0.2, 0.25) is 0 Å². The summed E-state index contributed by atoms with van der Waals surface area (Å²) in [6, 6.07) is 10.1. The molecule has 0 heterocycles. The number of rotatable bonds is 8. The maximum absolute atomic E-state index is 12.3. The molecule has 0 aliphatic rings. The second kappa shape index (κ2) is 9.83. The fourth-order valence-electron chi connectivity index (χ4n) is 2.32. The van der Waals surface area contributed by atoms with Crippen molar-refractivity contribution in [2.75, 3.05) is 20.3 Å². The first-order valence-electron chi connectivity index (χ1n) is 8.43.